The van der Waals surface area contributed by atoms with Crippen molar-refractivity contribution in [3.8, 4) is 5.75 Å². The van der Waals surface area contributed by atoms with Crippen LogP contribution >= 0.6 is 0 Å². The quantitative estimate of drug-likeness (QED) is 0.482. The van der Waals surface area contributed by atoms with Gasteiger partial charge < -0.3 is 4.74 Å². The van der Waals surface area contributed by atoms with E-state index in [2.05, 4.69) is 31.7 Å². The summed E-state index contributed by atoms with van der Waals surface area (Å²) in [5.41, 5.74) is 1.34. The van der Waals surface area contributed by atoms with Crippen molar-refractivity contribution in [3.63, 3.8) is 0 Å². The average Bonchev–Trinajstić information content (AvgIpc) is 2.35. The van der Waals surface area contributed by atoms with E-state index < -0.39 is 0 Å². The van der Waals surface area contributed by atoms with Gasteiger partial charge in [-0.3, -0.25) is 0 Å². The molecule has 0 N–H and O–H groups in total. The molecule has 0 aliphatic rings. The fraction of sp³-hybridized carbons (Fsp3) is 0.467. The molecule has 0 heterocycles. The predicted octanol–water partition coefficient (Wildman–Crippen LogP) is 4.55. The van der Waals surface area contributed by atoms with Gasteiger partial charge in [-0.15, -0.1) is 6.58 Å². The van der Waals surface area contributed by atoms with E-state index in [1.54, 1.807) is 7.11 Å². The first-order valence-corrected chi connectivity index (χ1v) is 6.08. The molecule has 1 heteroatoms. The Bertz CT molecular complexity index is 300. The van der Waals surface area contributed by atoms with Crippen LogP contribution in [0.25, 0.3) is 0 Å². The van der Waals surface area contributed by atoms with Gasteiger partial charge in [0.15, 0.2) is 0 Å². The molecule has 0 unspecified atom stereocenters. The zero-order valence-corrected chi connectivity index (χ0v) is 10.4. The fourth-order valence-electron chi connectivity index (χ4n) is 1.89. The van der Waals surface area contributed by atoms with E-state index in [-0.39, 0.29) is 0 Å². The minimum atomic E-state index is 0.484. The molecule has 0 saturated heterocycles. The van der Waals surface area contributed by atoms with Gasteiger partial charge in [-0.05, 0) is 24.1 Å². The second kappa shape index (κ2) is 7.10. The molecule has 0 bridgehead atoms. The Kier molecular flexibility index (Phi) is 5.69. The van der Waals surface area contributed by atoms with E-state index in [0.717, 1.165) is 5.75 Å². The minimum Gasteiger partial charge on any atom is -0.497 e. The maximum absolute atomic E-state index is 5.16. The molecule has 0 radical (unpaired) electrons. The monoisotopic (exact) mass is 218 g/mol. The first kappa shape index (κ1) is 12.8. The second-order valence-electron chi connectivity index (χ2n) is 4.11. The zero-order chi connectivity index (χ0) is 11.8. The van der Waals surface area contributed by atoms with Crippen molar-refractivity contribution in [2.45, 2.75) is 38.5 Å². The summed E-state index contributed by atoms with van der Waals surface area (Å²) in [6, 6.07) is 8.31. The number of unbranched alkanes of at least 4 members (excludes halogenated alkanes) is 2. The molecule has 16 heavy (non-hydrogen) atoms. The maximum Gasteiger partial charge on any atom is 0.118 e. The third-order valence-corrected chi connectivity index (χ3v) is 2.95. The summed E-state index contributed by atoms with van der Waals surface area (Å²) < 4.78 is 5.16. The summed E-state index contributed by atoms with van der Waals surface area (Å²) in [6.07, 6.45) is 7.10. The molecule has 0 spiro atoms. The van der Waals surface area contributed by atoms with Crippen LogP contribution in [0.4, 0.5) is 0 Å². The van der Waals surface area contributed by atoms with E-state index in [1.165, 1.54) is 31.2 Å². The molecule has 0 aliphatic heterocycles. The van der Waals surface area contributed by atoms with Crippen LogP contribution in [0.3, 0.4) is 0 Å². The van der Waals surface area contributed by atoms with E-state index in [1.807, 2.05) is 12.1 Å². The summed E-state index contributed by atoms with van der Waals surface area (Å²) in [7, 11) is 1.70. The van der Waals surface area contributed by atoms with Crippen molar-refractivity contribution in [1.82, 2.24) is 0 Å². The minimum absolute atomic E-state index is 0.484. The Morgan fingerprint density at radius 2 is 1.94 bits per heavy atom. The Balaban J connectivity index is 2.60. The van der Waals surface area contributed by atoms with Gasteiger partial charge in [-0.2, -0.15) is 0 Å². The summed E-state index contributed by atoms with van der Waals surface area (Å²) in [4.78, 5) is 0. The molecule has 1 atom stereocenters. The lowest BCUT2D eigenvalue weighted by molar-refractivity contribution is 0.414. The van der Waals surface area contributed by atoms with Crippen LogP contribution in [0.1, 0.15) is 44.1 Å². The van der Waals surface area contributed by atoms with Gasteiger partial charge in [0.25, 0.3) is 0 Å². The summed E-state index contributed by atoms with van der Waals surface area (Å²) in [5, 5.41) is 0. The predicted molar refractivity (Wildman–Crippen MR) is 70.1 cm³/mol. The molecule has 0 saturated carbocycles. The van der Waals surface area contributed by atoms with Crippen molar-refractivity contribution in [3.05, 3.63) is 42.5 Å². The van der Waals surface area contributed by atoms with E-state index in [0.29, 0.717) is 5.92 Å². The highest BCUT2D eigenvalue weighted by Gasteiger charge is 2.06. The average molecular weight is 218 g/mol. The van der Waals surface area contributed by atoms with Gasteiger partial charge in [0.05, 0.1) is 7.11 Å². The van der Waals surface area contributed by atoms with Crippen molar-refractivity contribution in [2.24, 2.45) is 0 Å². The Labute approximate surface area is 99.1 Å². The van der Waals surface area contributed by atoms with E-state index in [4.69, 9.17) is 4.74 Å². The topological polar surface area (TPSA) is 9.23 Å². The standard InChI is InChI=1S/C15H22O/c1-4-6-7-8-13(5-2)14-9-11-15(16-3)12-10-14/h5,9-13H,2,4,6-8H2,1,3H3/t13-/m1/s1. The molecular weight excluding hydrogens is 196 g/mol. The maximum atomic E-state index is 5.16. The summed E-state index contributed by atoms with van der Waals surface area (Å²) >= 11 is 0. The van der Waals surface area contributed by atoms with Crippen LogP contribution < -0.4 is 4.74 Å². The van der Waals surface area contributed by atoms with Crippen LogP contribution in [-0.4, -0.2) is 7.11 Å². The SMILES string of the molecule is C=C[C@H](CCCCC)c1ccc(OC)cc1. The van der Waals surface area contributed by atoms with Crippen molar-refractivity contribution in [1.29, 1.82) is 0 Å². The lowest BCUT2D eigenvalue weighted by Crippen LogP contribution is -1.95. The highest BCUT2D eigenvalue weighted by molar-refractivity contribution is 5.31. The number of hydrogen-bond donors (Lipinski definition) is 0. The van der Waals surface area contributed by atoms with Gasteiger partial charge in [0.2, 0.25) is 0 Å². The number of benzene rings is 1. The smallest absolute Gasteiger partial charge is 0.118 e. The van der Waals surface area contributed by atoms with Gasteiger partial charge in [-0.25, -0.2) is 0 Å². The van der Waals surface area contributed by atoms with Gasteiger partial charge in [0, 0.05) is 5.92 Å². The molecule has 1 rings (SSSR count). The third-order valence-electron chi connectivity index (χ3n) is 2.95. The first-order valence-electron chi connectivity index (χ1n) is 6.08. The van der Waals surface area contributed by atoms with Crippen LogP contribution in [0.2, 0.25) is 0 Å². The van der Waals surface area contributed by atoms with Crippen LogP contribution in [0.15, 0.2) is 36.9 Å². The number of allylic oxidation sites excluding steroid dienone is 1. The molecule has 1 aromatic rings. The Morgan fingerprint density at radius 1 is 1.25 bits per heavy atom. The van der Waals surface area contributed by atoms with Gasteiger partial charge in [0.1, 0.15) is 5.75 Å². The third kappa shape index (κ3) is 3.73. The van der Waals surface area contributed by atoms with Crippen LogP contribution in [0.5, 0.6) is 5.75 Å². The lowest BCUT2D eigenvalue weighted by atomic mass is 9.93. The largest absolute Gasteiger partial charge is 0.497 e. The van der Waals surface area contributed by atoms with Gasteiger partial charge in [-0.1, -0.05) is 44.4 Å². The number of methoxy groups -OCH3 is 1. The lowest BCUT2D eigenvalue weighted by Gasteiger charge is -2.13. The molecule has 0 amide bonds. The normalized spacial score (nSPS) is 12.1. The molecular formula is C15H22O. The van der Waals surface area contributed by atoms with Crippen molar-refractivity contribution >= 4 is 0 Å². The second-order valence-corrected chi connectivity index (χ2v) is 4.11. The fourth-order valence-corrected chi connectivity index (χ4v) is 1.89. The van der Waals surface area contributed by atoms with E-state index in [9.17, 15) is 0 Å². The Morgan fingerprint density at radius 3 is 2.44 bits per heavy atom. The molecule has 88 valence electrons. The number of ether oxygens (including phenoxy) is 1. The number of hydrogen-bond acceptors (Lipinski definition) is 1. The molecule has 0 fully saturated rings. The molecule has 0 aliphatic carbocycles. The Hall–Kier alpha value is -1.24. The van der Waals surface area contributed by atoms with Gasteiger partial charge >= 0.3 is 0 Å². The molecule has 1 aromatic carbocycles. The van der Waals surface area contributed by atoms with Crippen LogP contribution in [-0.2, 0) is 0 Å². The highest BCUT2D eigenvalue weighted by atomic mass is 16.5. The first-order chi connectivity index (χ1) is 7.81. The van der Waals surface area contributed by atoms with Crippen LogP contribution in [0, 0.1) is 0 Å². The summed E-state index contributed by atoms with van der Waals surface area (Å²) in [6.45, 7) is 6.16. The highest BCUT2D eigenvalue weighted by Crippen LogP contribution is 2.25. The zero-order valence-electron chi connectivity index (χ0n) is 10.4. The summed E-state index contributed by atoms with van der Waals surface area (Å²) in [5.74, 6) is 1.40. The van der Waals surface area contributed by atoms with Crippen molar-refractivity contribution in [2.75, 3.05) is 7.11 Å². The van der Waals surface area contributed by atoms with E-state index >= 15 is 0 Å². The van der Waals surface area contributed by atoms with Crippen molar-refractivity contribution < 1.29 is 4.74 Å². The molecule has 1 nitrogen and oxygen atoms in total. The molecule has 0 aromatic heterocycles. The number of rotatable bonds is 7.